The average molecular weight is 348 g/mol. The van der Waals surface area contributed by atoms with Crippen molar-refractivity contribution in [1.82, 2.24) is 4.90 Å². The summed E-state index contributed by atoms with van der Waals surface area (Å²) < 4.78 is 10.9. The van der Waals surface area contributed by atoms with Gasteiger partial charge in [0.2, 0.25) is 0 Å². The van der Waals surface area contributed by atoms with Crippen LogP contribution in [0.25, 0.3) is 0 Å². The number of rotatable bonds is 8. The van der Waals surface area contributed by atoms with Gasteiger partial charge in [-0.15, -0.1) is 0 Å². The van der Waals surface area contributed by atoms with E-state index in [0.29, 0.717) is 17.9 Å². The second kappa shape index (κ2) is 8.85. The summed E-state index contributed by atoms with van der Waals surface area (Å²) in [5.41, 5.74) is -0.172. The van der Waals surface area contributed by atoms with Crippen LogP contribution in [0.5, 0.6) is 5.75 Å². The van der Waals surface area contributed by atoms with E-state index in [1.54, 1.807) is 38.3 Å². The molecule has 2 rings (SSSR count). The third-order valence-electron chi connectivity index (χ3n) is 4.59. The maximum absolute atomic E-state index is 12.4. The van der Waals surface area contributed by atoms with E-state index in [2.05, 4.69) is 5.32 Å². The van der Waals surface area contributed by atoms with Crippen molar-refractivity contribution < 1.29 is 19.1 Å². The molecule has 1 aromatic rings. The summed E-state index contributed by atoms with van der Waals surface area (Å²) in [6.45, 7) is 5.49. The van der Waals surface area contributed by atoms with E-state index < -0.39 is 5.60 Å². The lowest BCUT2D eigenvalue weighted by molar-refractivity contribution is -0.136. The van der Waals surface area contributed by atoms with Crippen LogP contribution >= 0.6 is 0 Å². The summed E-state index contributed by atoms with van der Waals surface area (Å²) in [5.74, 6) is 0.452. The Kier molecular flexibility index (Phi) is 6.82. The monoisotopic (exact) mass is 348 g/mol. The molecule has 0 aliphatic carbocycles. The zero-order valence-corrected chi connectivity index (χ0v) is 15.3. The summed E-state index contributed by atoms with van der Waals surface area (Å²) in [5, 5.41) is 2.86. The van der Waals surface area contributed by atoms with Crippen molar-refractivity contribution in [2.24, 2.45) is 0 Å². The standard InChI is InChI=1S/C19H28N2O4/c1-4-11-19(2,24-3)18(23)20-15-7-9-16(10-8-15)25-14-17(22)21-12-5-6-13-21/h7-10H,4-6,11-14H2,1-3H3,(H,20,23)/t19-/m1/s1. The van der Waals surface area contributed by atoms with Gasteiger partial charge in [-0.25, -0.2) is 0 Å². The minimum Gasteiger partial charge on any atom is -0.484 e. The molecule has 1 heterocycles. The van der Waals surface area contributed by atoms with Crippen LogP contribution in [0.2, 0.25) is 0 Å². The maximum Gasteiger partial charge on any atom is 0.260 e. The molecule has 1 aliphatic rings. The van der Waals surface area contributed by atoms with Crippen LogP contribution < -0.4 is 10.1 Å². The van der Waals surface area contributed by atoms with Crippen LogP contribution in [0.1, 0.15) is 39.5 Å². The second-order valence-corrected chi connectivity index (χ2v) is 6.54. The number of carbonyl (C=O) groups excluding carboxylic acids is 2. The molecular formula is C19H28N2O4. The Hall–Kier alpha value is -2.08. The molecule has 0 bridgehead atoms. The third kappa shape index (κ3) is 5.19. The van der Waals surface area contributed by atoms with Crippen LogP contribution in [0.4, 0.5) is 5.69 Å². The lowest BCUT2D eigenvalue weighted by Crippen LogP contribution is -2.41. The molecule has 0 spiro atoms. The Balaban J connectivity index is 1.86. The lowest BCUT2D eigenvalue weighted by Gasteiger charge is -2.26. The van der Waals surface area contributed by atoms with Gasteiger partial charge in [-0.3, -0.25) is 9.59 Å². The highest BCUT2D eigenvalue weighted by Gasteiger charge is 2.32. The summed E-state index contributed by atoms with van der Waals surface area (Å²) in [6.07, 6.45) is 3.64. The molecular weight excluding hydrogens is 320 g/mol. The predicted molar refractivity (Wildman–Crippen MR) is 96.7 cm³/mol. The van der Waals surface area contributed by atoms with Gasteiger partial charge in [0.25, 0.3) is 11.8 Å². The molecule has 1 aromatic carbocycles. The quantitative estimate of drug-likeness (QED) is 0.784. The normalized spacial score (nSPS) is 16.4. The number of methoxy groups -OCH3 is 1. The van der Waals surface area contributed by atoms with Gasteiger partial charge in [0.1, 0.15) is 11.4 Å². The van der Waals surface area contributed by atoms with Crippen molar-refractivity contribution in [3.63, 3.8) is 0 Å². The molecule has 0 unspecified atom stereocenters. The third-order valence-corrected chi connectivity index (χ3v) is 4.59. The fraction of sp³-hybridized carbons (Fsp3) is 0.579. The van der Waals surface area contributed by atoms with Crippen LogP contribution in [0, 0.1) is 0 Å². The molecule has 0 saturated carbocycles. The first-order chi connectivity index (χ1) is 12.0. The first kappa shape index (κ1) is 19.2. The molecule has 2 amide bonds. The molecule has 1 saturated heterocycles. The van der Waals surface area contributed by atoms with E-state index in [0.717, 1.165) is 32.4 Å². The van der Waals surface area contributed by atoms with E-state index in [1.807, 2.05) is 11.8 Å². The Labute approximate surface area is 149 Å². The number of hydrogen-bond donors (Lipinski definition) is 1. The minimum absolute atomic E-state index is 0.0188. The number of benzene rings is 1. The predicted octanol–water partition coefficient (Wildman–Crippen LogP) is 2.83. The van der Waals surface area contributed by atoms with Gasteiger partial charge in [0, 0.05) is 25.9 Å². The van der Waals surface area contributed by atoms with Gasteiger partial charge in [0.15, 0.2) is 6.61 Å². The highest BCUT2D eigenvalue weighted by Crippen LogP contribution is 2.21. The van der Waals surface area contributed by atoms with Crippen LogP contribution in [0.3, 0.4) is 0 Å². The topological polar surface area (TPSA) is 67.9 Å². The number of nitrogens with one attached hydrogen (secondary N) is 1. The van der Waals surface area contributed by atoms with Crippen molar-refractivity contribution >= 4 is 17.5 Å². The fourth-order valence-corrected chi connectivity index (χ4v) is 2.89. The molecule has 0 radical (unpaired) electrons. The van der Waals surface area contributed by atoms with Gasteiger partial charge in [-0.1, -0.05) is 13.3 Å². The van der Waals surface area contributed by atoms with Crippen molar-refractivity contribution in [2.45, 2.75) is 45.1 Å². The molecule has 1 N–H and O–H groups in total. The fourth-order valence-electron chi connectivity index (χ4n) is 2.89. The molecule has 25 heavy (non-hydrogen) atoms. The highest BCUT2D eigenvalue weighted by molar-refractivity contribution is 5.97. The molecule has 6 nitrogen and oxygen atoms in total. The molecule has 1 aliphatic heterocycles. The number of nitrogens with zero attached hydrogens (tertiary/aromatic N) is 1. The number of hydrogen-bond acceptors (Lipinski definition) is 4. The Morgan fingerprint density at radius 1 is 1.20 bits per heavy atom. The van der Waals surface area contributed by atoms with Crippen molar-refractivity contribution in [1.29, 1.82) is 0 Å². The first-order valence-corrected chi connectivity index (χ1v) is 8.86. The van der Waals surface area contributed by atoms with E-state index in [-0.39, 0.29) is 18.4 Å². The molecule has 6 heteroatoms. The van der Waals surface area contributed by atoms with E-state index >= 15 is 0 Å². The number of amides is 2. The number of anilines is 1. The Morgan fingerprint density at radius 2 is 1.84 bits per heavy atom. The van der Waals surface area contributed by atoms with Gasteiger partial charge in [-0.05, 0) is 50.5 Å². The Bertz CT molecular complexity index is 582. The SMILES string of the molecule is CCC[C@@](C)(OC)C(=O)Nc1ccc(OCC(=O)N2CCCC2)cc1. The second-order valence-electron chi connectivity index (χ2n) is 6.54. The minimum atomic E-state index is -0.841. The van der Waals surface area contributed by atoms with Crippen LogP contribution in [-0.4, -0.2) is 49.1 Å². The number of likely N-dealkylation sites (tertiary alicyclic amines) is 1. The van der Waals surface area contributed by atoms with Gasteiger partial charge in [0.05, 0.1) is 0 Å². The molecule has 138 valence electrons. The number of ether oxygens (including phenoxy) is 2. The van der Waals surface area contributed by atoms with Crippen LogP contribution in [0.15, 0.2) is 24.3 Å². The summed E-state index contributed by atoms with van der Waals surface area (Å²) in [6, 6.07) is 7.01. The average Bonchev–Trinajstić information content (AvgIpc) is 3.15. The van der Waals surface area contributed by atoms with Crippen LogP contribution in [-0.2, 0) is 14.3 Å². The van der Waals surface area contributed by atoms with E-state index in [4.69, 9.17) is 9.47 Å². The first-order valence-electron chi connectivity index (χ1n) is 8.86. The number of carbonyl (C=O) groups is 2. The smallest absolute Gasteiger partial charge is 0.260 e. The summed E-state index contributed by atoms with van der Waals surface area (Å²) in [4.78, 5) is 26.2. The molecule has 1 fully saturated rings. The van der Waals surface area contributed by atoms with E-state index in [1.165, 1.54) is 0 Å². The summed E-state index contributed by atoms with van der Waals surface area (Å²) >= 11 is 0. The summed E-state index contributed by atoms with van der Waals surface area (Å²) in [7, 11) is 1.55. The highest BCUT2D eigenvalue weighted by atomic mass is 16.5. The van der Waals surface area contributed by atoms with E-state index in [9.17, 15) is 9.59 Å². The van der Waals surface area contributed by atoms with Crippen molar-refractivity contribution in [3.8, 4) is 5.75 Å². The van der Waals surface area contributed by atoms with Gasteiger partial charge >= 0.3 is 0 Å². The molecule has 0 aromatic heterocycles. The van der Waals surface area contributed by atoms with Crippen molar-refractivity contribution in [2.75, 3.05) is 32.1 Å². The van der Waals surface area contributed by atoms with Crippen molar-refractivity contribution in [3.05, 3.63) is 24.3 Å². The van der Waals surface area contributed by atoms with Gasteiger partial charge < -0.3 is 19.7 Å². The zero-order chi connectivity index (χ0) is 18.3. The van der Waals surface area contributed by atoms with Gasteiger partial charge in [-0.2, -0.15) is 0 Å². The maximum atomic E-state index is 12.4. The Morgan fingerprint density at radius 3 is 2.40 bits per heavy atom. The molecule has 1 atom stereocenters. The lowest BCUT2D eigenvalue weighted by atomic mass is 9.99. The largest absolute Gasteiger partial charge is 0.484 e. The zero-order valence-electron chi connectivity index (χ0n) is 15.3.